The molecule has 5 nitrogen and oxygen atoms in total. The summed E-state index contributed by atoms with van der Waals surface area (Å²) < 4.78 is 10.6. The number of benzene rings is 1. The molecule has 0 aliphatic carbocycles. The zero-order valence-electron chi connectivity index (χ0n) is 12.3. The first-order valence-electron chi connectivity index (χ1n) is 6.69. The van der Waals surface area contributed by atoms with E-state index in [1.54, 1.807) is 12.1 Å². The smallest absolute Gasteiger partial charge is 0.407 e. The van der Waals surface area contributed by atoms with Crippen LogP contribution in [0.2, 0.25) is 0 Å². The summed E-state index contributed by atoms with van der Waals surface area (Å²) >= 11 is 0. The number of rotatable bonds is 6. The summed E-state index contributed by atoms with van der Waals surface area (Å²) in [5.41, 5.74) is 0.530. The van der Waals surface area contributed by atoms with Gasteiger partial charge < -0.3 is 19.9 Å². The lowest BCUT2D eigenvalue weighted by Gasteiger charge is -2.19. The van der Waals surface area contributed by atoms with Gasteiger partial charge in [0.25, 0.3) is 0 Å². The molecule has 5 heteroatoms. The summed E-state index contributed by atoms with van der Waals surface area (Å²) in [7, 11) is 0. The lowest BCUT2D eigenvalue weighted by atomic mass is 10.2. The van der Waals surface area contributed by atoms with Crippen molar-refractivity contribution < 1.29 is 19.4 Å². The third-order valence-corrected chi connectivity index (χ3v) is 2.34. The van der Waals surface area contributed by atoms with Crippen LogP contribution in [0.25, 0.3) is 0 Å². The average Bonchev–Trinajstić information content (AvgIpc) is 2.33. The van der Waals surface area contributed by atoms with Gasteiger partial charge in [-0.25, -0.2) is 4.79 Å². The molecule has 1 amide bonds. The zero-order valence-corrected chi connectivity index (χ0v) is 12.3. The molecule has 0 aliphatic heterocycles. The van der Waals surface area contributed by atoms with Crippen LogP contribution in [0.3, 0.4) is 0 Å². The van der Waals surface area contributed by atoms with Gasteiger partial charge in [0, 0.05) is 13.2 Å². The van der Waals surface area contributed by atoms with Gasteiger partial charge in [0.15, 0.2) is 0 Å². The van der Waals surface area contributed by atoms with Crippen molar-refractivity contribution in [3.8, 4) is 5.75 Å². The molecule has 112 valence electrons. The molecule has 0 fully saturated rings. The second kappa shape index (κ2) is 7.75. The Balaban J connectivity index is 2.05. The number of nitrogens with one attached hydrogen (secondary N) is 1. The van der Waals surface area contributed by atoms with Crippen LogP contribution >= 0.6 is 0 Å². The molecular weight excluding hydrogens is 258 g/mol. The fourth-order valence-electron chi connectivity index (χ4n) is 1.46. The highest BCUT2D eigenvalue weighted by molar-refractivity contribution is 5.67. The Kier molecular flexibility index (Phi) is 6.31. The highest BCUT2D eigenvalue weighted by Gasteiger charge is 2.15. The number of aromatic hydroxyl groups is 1. The highest BCUT2D eigenvalue weighted by atomic mass is 16.6. The van der Waals surface area contributed by atoms with Gasteiger partial charge in [-0.3, -0.25) is 0 Å². The van der Waals surface area contributed by atoms with E-state index in [0.29, 0.717) is 19.8 Å². The van der Waals surface area contributed by atoms with Gasteiger partial charge >= 0.3 is 6.09 Å². The average molecular weight is 281 g/mol. The first-order valence-corrected chi connectivity index (χ1v) is 6.69. The van der Waals surface area contributed by atoms with Crippen molar-refractivity contribution in [1.82, 2.24) is 5.32 Å². The van der Waals surface area contributed by atoms with Gasteiger partial charge in [0.2, 0.25) is 0 Å². The molecule has 0 heterocycles. The van der Waals surface area contributed by atoms with Crippen molar-refractivity contribution in [3.05, 3.63) is 29.8 Å². The number of carbonyl (C=O) groups is 1. The maximum atomic E-state index is 11.3. The monoisotopic (exact) mass is 281 g/mol. The Bertz CT molecular complexity index is 409. The van der Waals surface area contributed by atoms with Crippen LogP contribution in [0.1, 0.15) is 32.8 Å². The summed E-state index contributed by atoms with van der Waals surface area (Å²) in [4.78, 5) is 11.3. The standard InChI is InChI=1S/C15H23NO4/c1-15(2,3)20-14(18)16-9-4-10-19-11-12-5-7-13(17)8-6-12/h5-8,17H,4,9-11H2,1-3H3,(H,16,18). The van der Waals surface area contributed by atoms with E-state index in [0.717, 1.165) is 12.0 Å². The molecule has 0 aliphatic rings. The van der Waals surface area contributed by atoms with Crippen LogP contribution in [0.4, 0.5) is 4.79 Å². The summed E-state index contributed by atoms with van der Waals surface area (Å²) in [6.45, 7) is 7.04. The van der Waals surface area contributed by atoms with Crippen LogP contribution in [0.15, 0.2) is 24.3 Å². The molecule has 0 spiro atoms. The molecule has 0 aromatic heterocycles. The molecule has 0 saturated heterocycles. The van der Waals surface area contributed by atoms with Crippen molar-refractivity contribution in [2.45, 2.75) is 39.4 Å². The fraction of sp³-hybridized carbons (Fsp3) is 0.533. The normalized spacial score (nSPS) is 11.2. The molecule has 0 radical (unpaired) electrons. The van der Waals surface area contributed by atoms with Crippen molar-refractivity contribution in [1.29, 1.82) is 0 Å². The second-order valence-electron chi connectivity index (χ2n) is 5.50. The number of carbonyl (C=O) groups excluding carboxylic acids is 1. The molecule has 0 bridgehead atoms. The molecule has 0 saturated carbocycles. The van der Waals surface area contributed by atoms with Gasteiger partial charge in [-0.2, -0.15) is 0 Å². The van der Waals surface area contributed by atoms with E-state index >= 15 is 0 Å². The predicted octanol–water partition coefficient (Wildman–Crippen LogP) is 2.82. The maximum absolute atomic E-state index is 11.3. The van der Waals surface area contributed by atoms with Crippen molar-refractivity contribution in [2.24, 2.45) is 0 Å². The molecule has 1 aromatic carbocycles. The van der Waals surface area contributed by atoms with E-state index in [-0.39, 0.29) is 5.75 Å². The highest BCUT2D eigenvalue weighted by Crippen LogP contribution is 2.10. The van der Waals surface area contributed by atoms with Crippen LogP contribution in [-0.4, -0.2) is 30.0 Å². The zero-order chi connectivity index (χ0) is 15.0. The lowest BCUT2D eigenvalue weighted by Crippen LogP contribution is -2.33. The predicted molar refractivity (Wildman–Crippen MR) is 76.6 cm³/mol. The maximum Gasteiger partial charge on any atom is 0.407 e. The third-order valence-electron chi connectivity index (χ3n) is 2.34. The fourth-order valence-corrected chi connectivity index (χ4v) is 1.46. The van der Waals surface area contributed by atoms with Crippen molar-refractivity contribution >= 4 is 6.09 Å². The molecular formula is C15H23NO4. The topological polar surface area (TPSA) is 67.8 Å². The lowest BCUT2D eigenvalue weighted by molar-refractivity contribution is 0.0518. The van der Waals surface area contributed by atoms with Gasteiger partial charge in [-0.15, -0.1) is 0 Å². The van der Waals surface area contributed by atoms with Crippen LogP contribution in [0.5, 0.6) is 5.75 Å². The molecule has 1 aromatic rings. The Morgan fingerprint density at radius 2 is 1.90 bits per heavy atom. The van der Waals surface area contributed by atoms with Crippen LogP contribution in [-0.2, 0) is 16.1 Å². The summed E-state index contributed by atoms with van der Waals surface area (Å²) in [5, 5.41) is 11.8. The van der Waals surface area contributed by atoms with Gasteiger partial charge in [0.1, 0.15) is 11.4 Å². The Morgan fingerprint density at radius 3 is 2.50 bits per heavy atom. The largest absolute Gasteiger partial charge is 0.508 e. The number of amides is 1. The number of hydrogen-bond donors (Lipinski definition) is 2. The van der Waals surface area contributed by atoms with Gasteiger partial charge in [-0.1, -0.05) is 12.1 Å². The first-order chi connectivity index (χ1) is 9.37. The van der Waals surface area contributed by atoms with Gasteiger partial charge in [0.05, 0.1) is 6.61 Å². The van der Waals surface area contributed by atoms with E-state index in [9.17, 15) is 4.79 Å². The number of ether oxygens (including phenoxy) is 2. The SMILES string of the molecule is CC(C)(C)OC(=O)NCCCOCc1ccc(O)cc1. The second-order valence-corrected chi connectivity index (χ2v) is 5.50. The number of alkyl carbamates (subject to hydrolysis) is 1. The minimum atomic E-state index is -0.473. The third kappa shape index (κ3) is 7.63. The van der Waals surface area contributed by atoms with E-state index in [2.05, 4.69) is 5.32 Å². The van der Waals surface area contributed by atoms with Crippen molar-refractivity contribution in [2.75, 3.05) is 13.2 Å². The van der Waals surface area contributed by atoms with Crippen LogP contribution in [0, 0.1) is 0 Å². The minimum Gasteiger partial charge on any atom is -0.508 e. The Morgan fingerprint density at radius 1 is 1.25 bits per heavy atom. The Labute approximate surface area is 119 Å². The number of phenols is 1. The molecule has 2 N–H and O–H groups in total. The molecule has 20 heavy (non-hydrogen) atoms. The quantitative estimate of drug-likeness (QED) is 0.787. The number of hydrogen-bond acceptors (Lipinski definition) is 4. The molecule has 1 rings (SSSR count). The van der Waals surface area contributed by atoms with E-state index in [1.807, 2.05) is 32.9 Å². The van der Waals surface area contributed by atoms with E-state index in [1.165, 1.54) is 0 Å². The van der Waals surface area contributed by atoms with Crippen molar-refractivity contribution in [3.63, 3.8) is 0 Å². The van der Waals surface area contributed by atoms with Gasteiger partial charge in [-0.05, 0) is 44.9 Å². The van der Waals surface area contributed by atoms with E-state index < -0.39 is 11.7 Å². The summed E-state index contributed by atoms with van der Waals surface area (Å²) in [6.07, 6.45) is 0.313. The molecule has 0 unspecified atom stereocenters. The summed E-state index contributed by atoms with van der Waals surface area (Å²) in [6, 6.07) is 6.88. The van der Waals surface area contributed by atoms with Crippen LogP contribution < -0.4 is 5.32 Å². The summed E-state index contributed by atoms with van der Waals surface area (Å²) in [5.74, 6) is 0.246. The van der Waals surface area contributed by atoms with E-state index in [4.69, 9.17) is 14.6 Å². The first kappa shape index (κ1) is 16.3. The molecule has 0 atom stereocenters. The number of phenolic OH excluding ortho intramolecular Hbond substituents is 1. The Hall–Kier alpha value is -1.75. The minimum absolute atomic E-state index is 0.246.